The number of nitrogens with zero attached hydrogens (tertiary/aromatic N) is 1. The monoisotopic (exact) mass is 315 g/mol. The molecule has 0 bridgehead atoms. The predicted molar refractivity (Wildman–Crippen MR) is 88.2 cm³/mol. The molecule has 2 amide bonds. The number of amides is 2. The van der Waals surface area contributed by atoms with E-state index >= 15 is 0 Å². The molecular formula is C17H33NO4. The summed E-state index contributed by atoms with van der Waals surface area (Å²) in [5.74, 6) is 0. The van der Waals surface area contributed by atoms with Crippen LogP contribution in [0.1, 0.15) is 84.5 Å². The molecule has 0 aromatic rings. The van der Waals surface area contributed by atoms with E-state index in [0.717, 1.165) is 37.0 Å². The zero-order valence-electron chi connectivity index (χ0n) is 14.3. The first kappa shape index (κ1) is 20.7. The number of carbonyl (C=O) groups excluding carboxylic acids is 1. The molecule has 22 heavy (non-hydrogen) atoms. The fourth-order valence-corrected chi connectivity index (χ4v) is 2.26. The van der Waals surface area contributed by atoms with Gasteiger partial charge in [-0.3, -0.25) is 0 Å². The van der Waals surface area contributed by atoms with Gasteiger partial charge in [-0.25, -0.2) is 14.5 Å². The Morgan fingerprint density at radius 2 is 1.32 bits per heavy atom. The van der Waals surface area contributed by atoms with Crippen LogP contribution in [0.5, 0.6) is 0 Å². The Hall–Kier alpha value is -1.26. The molecule has 0 saturated carbocycles. The average Bonchev–Trinajstić information content (AvgIpc) is 2.49. The molecule has 5 nitrogen and oxygen atoms in total. The van der Waals surface area contributed by atoms with Crippen LogP contribution >= 0.6 is 0 Å². The third kappa shape index (κ3) is 11.4. The van der Waals surface area contributed by atoms with Gasteiger partial charge < -0.3 is 9.84 Å². The fraction of sp³-hybridized carbons (Fsp3) is 0.882. The maximum Gasteiger partial charge on any atom is 0.419 e. The Balaban J connectivity index is 3.65. The number of hydrogen-bond donors (Lipinski definition) is 1. The molecule has 0 fully saturated rings. The average molecular weight is 315 g/mol. The second-order valence-electron chi connectivity index (χ2n) is 5.73. The Kier molecular flexibility index (Phi) is 13.8. The predicted octanol–water partition coefficient (Wildman–Crippen LogP) is 5.43. The van der Waals surface area contributed by atoms with Gasteiger partial charge >= 0.3 is 12.2 Å². The van der Waals surface area contributed by atoms with Gasteiger partial charge in [0, 0.05) is 6.54 Å². The third-order valence-electron chi connectivity index (χ3n) is 3.66. The molecule has 0 rings (SSSR count). The number of carbonyl (C=O) groups is 2. The van der Waals surface area contributed by atoms with E-state index in [1.165, 1.54) is 32.1 Å². The molecule has 0 aliphatic heterocycles. The fourth-order valence-electron chi connectivity index (χ4n) is 2.26. The second kappa shape index (κ2) is 14.7. The van der Waals surface area contributed by atoms with Gasteiger partial charge in [-0.05, 0) is 12.8 Å². The Morgan fingerprint density at radius 3 is 1.86 bits per heavy atom. The van der Waals surface area contributed by atoms with Crippen molar-refractivity contribution < 1.29 is 19.4 Å². The van der Waals surface area contributed by atoms with Crippen molar-refractivity contribution in [3.8, 4) is 0 Å². The molecule has 0 aromatic carbocycles. The van der Waals surface area contributed by atoms with Gasteiger partial charge in [0.1, 0.15) is 0 Å². The molecule has 0 atom stereocenters. The van der Waals surface area contributed by atoms with E-state index in [1.54, 1.807) is 0 Å². The van der Waals surface area contributed by atoms with E-state index in [0.29, 0.717) is 13.0 Å². The summed E-state index contributed by atoms with van der Waals surface area (Å²) in [5.41, 5.74) is 0. The molecule has 0 heterocycles. The van der Waals surface area contributed by atoms with Crippen LogP contribution in [0, 0.1) is 0 Å². The van der Waals surface area contributed by atoms with Crippen LogP contribution in [-0.4, -0.2) is 35.3 Å². The highest BCUT2D eigenvalue weighted by molar-refractivity contribution is 5.86. The summed E-state index contributed by atoms with van der Waals surface area (Å²) < 4.78 is 5.05. The molecule has 5 heteroatoms. The number of imide groups is 1. The van der Waals surface area contributed by atoms with Gasteiger partial charge in [-0.1, -0.05) is 71.6 Å². The molecule has 0 spiro atoms. The Morgan fingerprint density at radius 1 is 0.818 bits per heavy atom. The summed E-state index contributed by atoms with van der Waals surface area (Å²) in [6, 6.07) is 0. The maximum absolute atomic E-state index is 11.7. The van der Waals surface area contributed by atoms with Crippen molar-refractivity contribution in [1.29, 1.82) is 0 Å². The summed E-state index contributed by atoms with van der Waals surface area (Å²) in [7, 11) is 0. The normalized spacial score (nSPS) is 10.5. The first-order chi connectivity index (χ1) is 10.6. The van der Waals surface area contributed by atoms with Crippen molar-refractivity contribution in [3.05, 3.63) is 0 Å². The van der Waals surface area contributed by atoms with Crippen LogP contribution in [-0.2, 0) is 4.74 Å². The van der Waals surface area contributed by atoms with Crippen molar-refractivity contribution in [2.24, 2.45) is 0 Å². The SMILES string of the molecule is CCCCCCCCCCOC(=O)N(CCCCC)C(=O)O. The minimum Gasteiger partial charge on any atom is -0.465 e. The van der Waals surface area contributed by atoms with Gasteiger partial charge in [-0.2, -0.15) is 0 Å². The lowest BCUT2D eigenvalue weighted by atomic mass is 10.1. The standard InChI is InChI=1S/C17H33NO4/c1-3-5-7-8-9-10-11-13-15-22-17(21)18(16(19)20)14-12-6-4-2/h3-15H2,1-2H3,(H,19,20). The number of ether oxygens (including phenoxy) is 1. The van der Waals surface area contributed by atoms with Crippen molar-refractivity contribution >= 4 is 12.2 Å². The zero-order chi connectivity index (χ0) is 16.6. The van der Waals surface area contributed by atoms with E-state index in [1.807, 2.05) is 6.92 Å². The molecule has 0 aliphatic rings. The van der Waals surface area contributed by atoms with Crippen molar-refractivity contribution in [1.82, 2.24) is 4.90 Å². The lowest BCUT2D eigenvalue weighted by Gasteiger charge is -2.16. The molecule has 130 valence electrons. The molecule has 0 aromatic heterocycles. The summed E-state index contributed by atoms with van der Waals surface area (Å²) in [6.07, 6.45) is 10.00. The van der Waals surface area contributed by atoms with Crippen LogP contribution in [0.3, 0.4) is 0 Å². The van der Waals surface area contributed by atoms with E-state index in [4.69, 9.17) is 9.84 Å². The summed E-state index contributed by atoms with van der Waals surface area (Å²) in [4.78, 5) is 23.5. The van der Waals surface area contributed by atoms with Gasteiger partial charge in [0.2, 0.25) is 0 Å². The van der Waals surface area contributed by atoms with Crippen LogP contribution in [0.25, 0.3) is 0 Å². The quantitative estimate of drug-likeness (QED) is 0.460. The lowest BCUT2D eigenvalue weighted by Crippen LogP contribution is -2.37. The zero-order valence-corrected chi connectivity index (χ0v) is 14.3. The van der Waals surface area contributed by atoms with Crippen LogP contribution in [0.15, 0.2) is 0 Å². The molecule has 1 N–H and O–H groups in total. The number of carboxylic acid groups (broad SMARTS) is 1. The van der Waals surface area contributed by atoms with Gasteiger partial charge in [0.15, 0.2) is 0 Å². The van der Waals surface area contributed by atoms with Crippen molar-refractivity contribution in [2.45, 2.75) is 84.5 Å². The molecule has 0 radical (unpaired) electrons. The first-order valence-corrected chi connectivity index (χ1v) is 8.80. The van der Waals surface area contributed by atoms with Gasteiger partial charge in [0.05, 0.1) is 6.61 Å². The Bertz CT molecular complexity index is 294. The summed E-state index contributed by atoms with van der Waals surface area (Å²) in [5, 5.41) is 9.01. The van der Waals surface area contributed by atoms with Crippen LogP contribution in [0.2, 0.25) is 0 Å². The van der Waals surface area contributed by atoms with E-state index in [-0.39, 0.29) is 6.54 Å². The van der Waals surface area contributed by atoms with Crippen molar-refractivity contribution in [3.63, 3.8) is 0 Å². The minimum absolute atomic E-state index is 0.222. The highest BCUT2D eigenvalue weighted by Crippen LogP contribution is 2.09. The topological polar surface area (TPSA) is 66.8 Å². The maximum atomic E-state index is 11.7. The van der Waals surface area contributed by atoms with Crippen molar-refractivity contribution in [2.75, 3.05) is 13.2 Å². The molecular weight excluding hydrogens is 282 g/mol. The summed E-state index contributed by atoms with van der Waals surface area (Å²) in [6.45, 7) is 4.77. The lowest BCUT2D eigenvalue weighted by molar-refractivity contribution is 0.0925. The van der Waals surface area contributed by atoms with Crippen LogP contribution < -0.4 is 0 Å². The molecule has 0 aliphatic carbocycles. The highest BCUT2D eigenvalue weighted by Gasteiger charge is 2.21. The summed E-state index contributed by atoms with van der Waals surface area (Å²) >= 11 is 0. The first-order valence-electron chi connectivity index (χ1n) is 8.80. The minimum atomic E-state index is -1.22. The number of unbranched alkanes of at least 4 members (excludes halogenated alkanes) is 9. The molecule has 0 unspecified atom stereocenters. The number of rotatable bonds is 13. The van der Waals surface area contributed by atoms with E-state index in [9.17, 15) is 9.59 Å². The van der Waals surface area contributed by atoms with Crippen LogP contribution in [0.4, 0.5) is 9.59 Å². The van der Waals surface area contributed by atoms with Gasteiger partial charge in [0.25, 0.3) is 0 Å². The third-order valence-corrected chi connectivity index (χ3v) is 3.66. The second-order valence-corrected chi connectivity index (χ2v) is 5.73. The van der Waals surface area contributed by atoms with E-state index in [2.05, 4.69) is 6.92 Å². The molecule has 0 saturated heterocycles. The number of hydrogen-bond acceptors (Lipinski definition) is 3. The smallest absolute Gasteiger partial charge is 0.419 e. The Labute approximate surface area is 135 Å². The largest absolute Gasteiger partial charge is 0.465 e. The van der Waals surface area contributed by atoms with E-state index < -0.39 is 12.2 Å². The van der Waals surface area contributed by atoms with Gasteiger partial charge in [-0.15, -0.1) is 0 Å². The highest BCUT2D eigenvalue weighted by atomic mass is 16.6.